The molecule has 3 nitrogen and oxygen atoms in total. The maximum absolute atomic E-state index is 11.7. The first-order valence-electron chi connectivity index (χ1n) is 5.06. The Morgan fingerprint density at radius 2 is 2.07 bits per heavy atom. The molecule has 1 atom stereocenters. The molecule has 0 saturated heterocycles. The van der Waals surface area contributed by atoms with Gasteiger partial charge in [-0.3, -0.25) is 4.79 Å². The Morgan fingerprint density at radius 1 is 1.40 bits per heavy atom. The van der Waals surface area contributed by atoms with Crippen LogP contribution in [0.15, 0.2) is 30.3 Å². The Bertz CT molecular complexity index is 390. The molecule has 1 aliphatic carbocycles. The van der Waals surface area contributed by atoms with Crippen molar-refractivity contribution in [2.75, 3.05) is 0 Å². The summed E-state index contributed by atoms with van der Waals surface area (Å²) in [6.45, 7) is 0. The maximum atomic E-state index is 11.7. The van der Waals surface area contributed by atoms with E-state index in [1.165, 1.54) is 0 Å². The Labute approximate surface area is 88.7 Å². The SMILES string of the molecule is N#CC(C(=O)NC1CC1)c1ccccc1. The predicted octanol–water partition coefficient (Wildman–Crippen LogP) is 1.57. The molecular formula is C12H12N2O. The number of hydrogen-bond donors (Lipinski definition) is 1. The number of nitrogens with one attached hydrogen (secondary N) is 1. The summed E-state index contributed by atoms with van der Waals surface area (Å²) in [7, 11) is 0. The summed E-state index contributed by atoms with van der Waals surface area (Å²) >= 11 is 0. The third-order valence-electron chi connectivity index (χ3n) is 2.45. The third-order valence-corrected chi connectivity index (χ3v) is 2.45. The lowest BCUT2D eigenvalue weighted by molar-refractivity contribution is -0.121. The number of amides is 1. The lowest BCUT2D eigenvalue weighted by Crippen LogP contribution is -2.30. The van der Waals surface area contributed by atoms with Crippen LogP contribution in [0.2, 0.25) is 0 Å². The van der Waals surface area contributed by atoms with Crippen LogP contribution >= 0.6 is 0 Å². The summed E-state index contributed by atoms with van der Waals surface area (Å²) in [5.74, 6) is -0.849. The van der Waals surface area contributed by atoms with Crippen LogP contribution in [0.5, 0.6) is 0 Å². The van der Waals surface area contributed by atoms with Gasteiger partial charge in [-0.1, -0.05) is 30.3 Å². The van der Waals surface area contributed by atoms with Crippen LogP contribution in [0.4, 0.5) is 0 Å². The van der Waals surface area contributed by atoms with E-state index in [9.17, 15) is 4.79 Å². The van der Waals surface area contributed by atoms with Crippen molar-refractivity contribution in [1.82, 2.24) is 5.32 Å². The molecule has 2 rings (SSSR count). The molecule has 0 aliphatic heterocycles. The van der Waals surface area contributed by atoms with Crippen molar-refractivity contribution in [2.45, 2.75) is 24.8 Å². The molecule has 0 radical (unpaired) electrons. The summed E-state index contributed by atoms with van der Waals surface area (Å²) in [6, 6.07) is 11.5. The molecule has 1 saturated carbocycles. The molecule has 1 fully saturated rings. The largest absolute Gasteiger partial charge is 0.352 e. The highest BCUT2D eigenvalue weighted by molar-refractivity contribution is 5.86. The Balaban J connectivity index is 2.10. The standard InChI is InChI=1S/C12H12N2O/c13-8-11(9-4-2-1-3-5-9)12(15)14-10-6-7-10/h1-5,10-11H,6-7H2,(H,14,15). The zero-order valence-electron chi connectivity index (χ0n) is 8.31. The molecule has 0 bridgehead atoms. The zero-order valence-corrected chi connectivity index (χ0v) is 8.31. The molecule has 1 aromatic carbocycles. The molecule has 3 heteroatoms. The predicted molar refractivity (Wildman–Crippen MR) is 56.0 cm³/mol. The number of benzene rings is 1. The first-order chi connectivity index (χ1) is 7.31. The summed E-state index contributed by atoms with van der Waals surface area (Å²) in [6.07, 6.45) is 2.08. The van der Waals surface area contributed by atoms with E-state index in [-0.39, 0.29) is 5.91 Å². The van der Waals surface area contributed by atoms with Crippen LogP contribution in [0.3, 0.4) is 0 Å². The highest BCUT2D eigenvalue weighted by Crippen LogP contribution is 2.21. The van der Waals surface area contributed by atoms with Crippen LogP contribution in [0.1, 0.15) is 24.3 Å². The lowest BCUT2D eigenvalue weighted by atomic mass is 10.00. The van der Waals surface area contributed by atoms with Gasteiger partial charge in [0.1, 0.15) is 5.92 Å². The van der Waals surface area contributed by atoms with E-state index in [1.807, 2.05) is 24.3 Å². The van der Waals surface area contributed by atoms with Gasteiger partial charge in [0, 0.05) is 6.04 Å². The molecule has 1 unspecified atom stereocenters. The Morgan fingerprint density at radius 3 is 2.60 bits per heavy atom. The van der Waals surface area contributed by atoms with Crippen molar-refractivity contribution in [3.8, 4) is 6.07 Å². The quantitative estimate of drug-likeness (QED) is 0.805. The van der Waals surface area contributed by atoms with E-state index in [1.54, 1.807) is 12.1 Å². The lowest BCUT2D eigenvalue weighted by Gasteiger charge is -2.09. The number of nitriles is 1. The number of hydrogen-bond acceptors (Lipinski definition) is 2. The molecule has 76 valence electrons. The minimum absolute atomic E-state index is 0.175. The number of rotatable bonds is 3. The van der Waals surface area contributed by atoms with Gasteiger partial charge in [0.05, 0.1) is 6.07 Å². The second-order valence-corrected chi connectivity index (χ2v) is 3.76. The average Bonchev–Trinajstić information content (AvgIpc) is 3.04. The first kappa shape index (κ1) is 9.72. The van der Waals surface area contributed by atoms with Crippen molar-refractivity contribution < 1.29 is 4.79 Å². The summed E-state index contributed by atoms with van der Waals surface area (Å²) in [4.78, 5) is 11.7. The van der Waals surface area contributed by atoms with Gasteiger partial charge < -0.3 is 5.32 Å². The average molecular weight is 200 g/mol. The van der Waals surface area contributed by atoms with Crippen LogP contribution < -0.4 is 5.32 Å². The van der Waals surface area contributed by atoms with Gasteiger partial charge >= 0.3 is 0 Å². The van der Waals surface area contributed by atoms with E-state index >= 15 is 0 Å². The molecule has 1 amide bonds. The topological polar surface area (TPSA) is 52.9 Å². The number of carbonyl (C=O) groups excluding carboxylic acids is 1. The third kappa shape index (κ3) is 2.35. The second kappa shape index (κ2) is 4.14. The van der Waals surface area contributed by atoms with Crippen molar-refractivity contribution in [1.29, 1.82) is 5.26 Å². The summed E-state index contributed by atoms with van der Waals surface area (Å²) in [5, 5.41) is 11.8. The highest BCUT2D eigenvalue weighted by atomic mass is 16.2. The second-order valence-electron chi connectivity index (χ2n) is 3.76. The van der Waals surface area contributed by atoms with Gasteiger partial charge in [0.25, 0.3) is 0 Å². The minimum Gasteiger partial charge on any atom is -0.352 e. The van der Waals surface area contributed by atoms with E-state index in [0.29, 0.717) is 6.04 Å². The summed E-state index contributed by atoms with van der Waals surface area (Å²) < 4.78 is 0. The van der Waals surface area contributed by atoms with Crippen LogP contribution in [-0.2, 0) is 4.79 Å². The monoisotopic (exact) mass is 200 g/mol. The zero-order chi connectivity index (χ0) is 10.7. The van der Waals surface area contributed by atoms with E-state index in [2.05, 4.69) is 5.32 Å². The van der Waals surface area contributed by atoms with Crippen LogP contribution in [0.25, 0.3) is 0 Å². The van der Waals surface area contributed by atoms with Crippen molar-refractivity contribution >= 4 is 5.91 Å². The summed E-state index contributed by atoms with van der Waals surface area (Å²) in [5.41, 5.74) is 0.762. The van der Waals surface area contributed by atoms with E-state index in [0.717, 1.165) is 18.4 Å². The molecular weight excluding hydrogens is 188 g/mol. The van der Waals surface area contributed by atoms with E-state index in [4.69, 9.17) is 5.26 Å². The van der Waals surface area contributed by atoms with Crippen LogP contribution in [-0.4, -0.2) is 11.9 Å². The molecule has 1 N–H and O–H groups in total. The van der Waals surface area contributed by atoms with Gasteiger partial charge in [-0.15, -0.1) is 0 Å². The molecule has 15 heavy (non-hydrogen) atoms. The van der Waals surface area contributed by atoms with Crippen molar-refractivity contribution in [3.63, 3.8) is 0 Å². The fourth-order valence-corrected chi connectivity index (χ4v) is 1.44. The Hall–Kier alpha value is -1.82. The molecule has 0 spiro atoms. The number of nitrogens with zero attached hydrogens (tertiary/aromatic N) is 1. The molecule has 0 aromatic heterocycles. The number of carbonyl (C=O) groups is 1. The highest BCUT2D eigenvalue weighted by Gasteiger charge is 2.28. The fraction of sp³-hybridized carbons (Fsp3) is 0.333. The maximum Gasteiger partial charge on any atom is 0.242 e. The van der Waals surface area contributed by atoms with Crippen LogP contribution in [0, 0.1) is 11.3 Å². The Kier molecular flexibility index (Phi) is 2.68. The van der Waals surface area contributed by atoms with Gasteiger partial charge in [0.15, 0.2) is 0 Å². The van der Waals surface area contributed by atoms with Gasteiger partial charge in [0.2, 0.25) is 5.91 Å². The van der Waals surface area contributed by atoms with Crippen molar-refractivity contribution in [3.05, 3.63) is 35.9 Å². The molecule has 1 aromatic rings. The first-order valence-corrected chi connectivity index (χ1v) is 5.06. The smallest absolute Gasteiger partial charge is 0.242 e. The van der Waals surface area contributed by atoms with Gasteiger partial charge in [-0.2, -0.15) is 5.26 Å². The molecule has 0 heterocycles. The van der Waals surface area contributed by atoms with E-state index < -0.39 is 5.92 Å². The van der Waals surface area contributed by atoms with Gasteiger partial charge in [-0.25, -0.2) is 0 Å². The molecule has 1 aliphatic rings. The van der Waals surface area contributed by atoms with Crippen molar-refractivity contribution in [2.24, 2.45) is 0 Å². The van der Waals surface area contributed by atoms with Gasteiger partial charge in [-0.05, 0) is 18.4 Å². The fourth-order valence-electron chi connectivity index (χ4n) is 1.44. The minimum atomic E-state index is -0.674. The normalized spacial score (nSPS) is 16.5.